The van der Waals surface area contributed by atoms with Crippen LogP contribution >= 0.6 is 0 Å². The molecular weight excluding hydrogens is 616 g/mol. The van der Waals surface area contributed by atoms with Gasteiger partial charge in [0.2, 0.25) is 6.29 Å². The van der Waals surface area contributed by atoms with E-state index < -0.39 is 66.5 Å². The van der Waals surface area contributed by atoms with Gasteiger partial charge in [-0.05, 0) is 23.3 Å². The molecule has 252 valence electrons. The summed E-state index contributed by atoms with van der Waals surface area (Å²) in [6.45, 7) is -0.601. The van der Waals surface area contributed by atoms with Crippen LogP contribution in [0.2, 0.25) is 0 Å². The van der Waals surface area contributed by atoms with Crippen molar-refractivity contribution in [2.24, 2.45) is 5.92 Å². The second-order valence-electron chi connectivity index (χ2n) is 11.6. The van der Waals surface area contributed by atoms with Gasteiger partial charge in [0.15, 0.2) is 11.2 Å². The predicted molar refractivity (Wildman–Crippen MR) is 162 cm³/mol. The summed E-state index contributed by atoms with van der Waals surface area (Å²) < 4.78 is 46.2. The Morgan fingerprint density at radius 2 is 1.70 bits per heavy atom. The lowest BCUT2D eigenvalue weighted by Crippen LogP contribution is -2.52. The van der Waals surface area contributed by atoms with Crippen molar-refractivity contribution in [2.45, 2.75) is 48.0 Å². The van der Waals surface area contributed by atoms with Crippen molar-refractivity contribution in [3.63, 3.8) is 0 Å². The zero-order chi connectivity index (χ0) is 33.5. The second-order valence-corrected chi connectivity index (χ2v) is 11.6. The number of rotatable bonds is 10. The van der Waals surface area contributed by atoms with Crippen LogP contribution in [0.1, 0.15) is 22.6 Å². The highest BCUT2D eigenvalue weighted by Gasteiger charge is 2.78. The van der Waals surface area contributed by atoms with E-state index in [-0.39, 0.29) is 29.4 Å². The van der Waals surface area contributed by atoms with E-state index in [4.69, 9.17) is 37.9 Å². The number of esters is 1. The Bertz CT molecular complexity index is 1570. The highest BCUT2D eigenvalue weighted by atomic mass is 16.8. The molecule has 6 rings (SSSR count). The summed E-state index contributed by atoms with van der Waals surface area (Å²) in [5.41, 5.74) is -2.88. The number of fused-ring (bicyclic) bond motifs is 3. The van der Waals surface area contributed by atoms with Crippen LogP contribution in [0.15, 0.2) is 66.7 Å². The van der Waals surface area contributed by atoms with Gasteiger partial charge in [-0.15, -0.1) is 0 Å². The fraction of sp³-hybridized carbons (Fsp3) is 0.441. The van der Waals surface area contributed by atoms with Gasteiger partial charge in [-0.25, -0.2) is 0 Å². The van der Waals surface area contributed by atoms with Gasteiger partial charge in [-0.3, -0.25) is 4.79 Å². The predicted octanol–water partition coefficient (Wildman–Crippen LogP) is 1.57. The van der Waals surface area contributed by atoms with Crippen LogP contribution in [-0.2, 0) is 34.9 Å². The zero-order valence-corrected chi connectivity index (χ0v) is 26.3. The number of aliphatic hydroxyl groups is 4. The Kier molecular flexibility index (Phi) is 9.06. The van der Waals surface area contributed by atoms with E-state index in [0.29, 0.717) is 16.9 Å². The maximum atomic E-state index is 13.5. The lowest BCUT2D eigenvalue weighted by molar-refractivity contribution is -0.324. The van der Waals surface area contributed by atoms with Crippen molar-refractivity contribution in [3.8, 4) is 23.0 Å². The van der Waals surface area contributed by atoms with Crippen molar-refractivity contribution >= 4 is 5.97 Å². The first-order valence-corrected chi connectivity index (χ1v) is 15.0. The molecule has 3 aromatic carbocycles. The van der Waals surface area contributed by atoms with Crippen molar-refractivity contribution in [3.05, 3.63) is 83.4 Å². The van der Waals surface area contributed by atoms with Crippen LogP contribution in [0.3, 0.4) is 0 Å². The molecule has 2 aliphatic heterocycles. The first kappa shape index (κ1) is 33.0. The summed E-state index contributed by atoms with van der Waals surface area (Å²) in [7, 11) is 5.54. The van der Waals surface area contributed by atoms with E-state index in [9.17, 15) is 25.2 Å². The Morgan fingerprint density at radius 3 is 2.32 bits per heavy atom. The monoisotopic (exact) mass is 654 g/mol. The molecule has 47 heavy (non-hydrogen) atoms. The minimum atomic E-state index is -2.25. The molecule has 2 heterocycles. The van der Waals surface area contributed by atoms with Crippen molar-refractivity contribution in [1.29, 1.82) is 0 Å². The minimum absolute atomic E-state index is 0.0474. The van der Waals surface area contributed by atoms with E-state index in [2.05, 4.69) is 0 Å². The lowest BCUT2D eigenvalue weighted by atomic mass is 9.70. The molecule has 0 spiro atoms. The molecule has 3 aliphatic rings. The normalized spacial score (nSPS) is 31.7. The molecule has 4 N–H and O–H groups in total. The summed E-state index contributed by atoms with van der Waals surface area (Å²) in [5, 5.41) is 44.7. The van der Waals surface area contributed by atoms with E-state index in [1.807, 2.05) is 6.07 Å². The molecule has 0 radical (unpaired) electrons. The number of hydrogen-bond donors (Lipinski definition) is 4. The molecule has 1 saturated carbocycles. The third-order valence-corrected chi connectivity index (χ3v) is 9.25. The van der Waals surface area contributed by atoms with Gasteiger partial charge < -0.3 is 58.3 Å². The SMILES string of the molecule is COC(=O)C1C(O)[C@@]2(O)c3c(OC)cc(OC4OC(C(O)CO)COC4OC)cc3O[C@@]2(c2ccc(OC)cc2)C1c1ccccc1. The van der Waals surface area contributed by atoms with Gasteiger partial charge in [0.25, 0.3) is 6.29 Å². The summed E-state index contributed by atoms with van der Waals surface area (Å²) in [6.07, 6.45) is -6.03. The first-order chi connectivity index (χ1) is 22.7. The van der Waals surface area contributed by atoms with E-state index in [0.717, 1.165) is 0 Å². The summed E-state index contributed by atoms with van der Waals surface area (Å²) >= 11 is 0. The third-order valence-electron chi connectivity index (χ3n) is 9.25. The maximum Gasteiger partial charge on any atom is 0.312 e. The van der Waals surface area contributed by atoms with Gasteiger partial charge in [0, 0.05) is 25.2 Å². The first-order valence-electron chi connectivity index (χ1n) is 15.0. The average molecular weight is 655 g/mol. The lowest BCUT2D eigenvalue weighted by Gasteiger charge is -2.40. The number of carbonyl (C=O) groups excluding carboxylic acids is 1. The van der Waals surface area contributed by atoms with Gasteiger partial charge in [0.1, 0.15) is 41.3 Å². The summed E-state index contributed by atoms with van der Waals surface area (Å²) in [4.78, 5) is 13.5. The molecule has 13 nitrogen and oxygen atoms in total. The summed E-state index contributed by atoms with van der Waals surface area (Å²) in [5.74, 6) is -2.05. The van der Waals surface area contributed by atoms with E-state index >= 15 is 0 Å². The van der Waals surface area contributed by atoms with Crippen LogP contribution in [-0.4, -0.2) is 98.9 Å². The number of aliphatic hydroxyl groups excluding tert-OH is 3. The van der Waals surface area contributed by atoms with Crippen LogP contribution in [0.25, 0.3) is 0 Å². The number of carbonyl (C=O) groups is 1. The molecule has 1 saturated heterocycles. The standard InChI is InChI=1S/C34H38O13/c1-40-20-12-10-19(11-13-20)34-27(18-8-6-5-7-9-18)26(30(38)42-3)29(37)33(34,39)28-23(41-2)14-21(15-24(28)47-34)45-32-31(43-4)44-17-25(46-32)22(36)16-35/h5-15,22,25-27,29,31-32,35-37,39H,16-17H2,1-4H3/t22?,25?,26?,27?,29?,31?,32?,33-,34-/m0/s1. The maximum absolute atomic E-state index is 13.5. The summed E-state index contributed by atoms with van der Waals surface area (Å²) in [6, 6.07) is 18.8. The Balaban J connectivity index is 1.52. The molecule has 3 aromatic rings. The molecule has 0 amide bonds. The topological polar surface area (TPSA) is 172 Å². The molecule has 9 atom stereocenters. The molecule has 7 unspecified atom stereocenters. The Morgan fingerprint density at radius 1 is 0.979 bits per heavy atom. The largest absolute Gasteiger partial charge is 0.497 e. The van der Waals surface area contributed by atoms with Gasteiger partial charge in [0.05, 0.1) is 46.0 Å². The van der Waals surface area contributed by atoms with E-state index in [1.54, 1.807) is 48.5 Å². The molecular formula is C34H38O13. The Labute approximate surface area is 271 Å². The van der Waals surface area contributed by atoms with Crippen molar-refractivity contribution in [2.75, 3.05) is 41.7 Å². The molecule has 0 aromatic heterocycles. The van der Waals surface area contributed by atoms with Crippen LogP contribution in [0.4, 0.5) is 0 Å². The fourth-order valence-corrected chi connectivity index (χ4v) is 7.11. The quantitative estimate of drug-likeness (QED) is 0.233. The highest BCUT2D eigenvalue weighted by Crippen LogP contribution is 2.70. The number of methoxy groups -OCH3 is 4. The average Bonchev–Trinajstić information content (AvgIpc) is 3.49. The van der Waals surface area contributed by atoms with Crippen LogP contribution < -0.4 is 18.9 Å². The number of ether oxygens (including phenoxy) is 8. The van der Waals surface area contributed by atoms with Crippen molar-refractivity contribution < 1.29 is 63.1 Å². The third kappa shape index (κ3) is 5.10. The Hall–Kier alpha value is -3.95. The van der Waals surface area contributed by atoms with Crippen molar-refractivity contribution in [1.82, 2.24) is 0 Å². The molecule has 0 bridgehead atoms. The fourth-order valence-electron chi connectivity index (χ4n) is 7.11. The molecule has 1 aliphatic carbocycles. The number of hydrogen-bond acceptors (Lipinski definition) is 13. The van der Waals surface area contributed by atoms with Crippen LogP contribution in [0, 0.1) is 5.92 Å². The van der Waals surface area contributed by atoms with Gasteiger partial charge in [-0.1, -0.05) is 42.5 Å². The van der Waals surface area contributed by atoms with Gasteiger partial charge >= 0.3 is 5.97 Å². The van der Waals surface area contributed by atoms with Gasteiger partial charge in [-0.2, -0.15) is 0 Å². The molecule has 2 fully saturated rings. The zero-order valence-electron chi connectivity index (χ0n) is 26.3. The van der Waals surface area contributed by atoms with Crippen LogP contribution in [0.5, 0.6) is 23.0 Å². The number of benzene rings is 3. The van der Waals surface area contributed by atoms with E-state index in [1.165, 1.54) is 40.6 Å². The highest BCUT2D eigenvalue weighted by molar-refractivity contribution is 5.78. The molecule has 13 heteroatoms. The second kappa shape index (κ2) is 12.9. The minimum Gasteiger partial charge on any atom is -0.497 e. The smallest absolute Gasteiger partial charge is 0.312 e.